The van der Waals surface area contributed by atoms with Gasteiger partial charge in [0.1, 0.15) is 23.3 Å². The maximum atomic E-state index is 12.6. The van der Waals surface area contributed by atoms with Crippen LogP contribution < -0.4 is 14.9 Å². The van der Waals surface area contributed by atoms with E-state index in [-0.39, 0.29) is 17.8 Å². The lowest BCUT2D eigenvalue weighted by Crippen LogP contribution is -2.26. The molecule has 1 atom stereocenters. The van der Waals surface area contributed by atoms with E-state index in [1.807, 2.05) is 19.1 Å². The Balaban J connectivity index is 1.83. The first-order chi connectivity index (χ1) is 13.0. The van der Waals surface area contributed by atoms with E-state index in [0.29, 0.717) is 22.5 Å². The minimum absolute atomic E-state index is 0.0971. The number of benzene rings is 2. The van der Waals surface area contributed by atoms with E-state index in [1.54, 1.807) is 44.2 Å². The highest BCUT2D eigenvalue weighted by atomic mass is 16.6. The van der Waals surface area contributed by atoms with Gasteiger partial charge in [0.25, 0.3) is 0 Å². The van der Waals surface area contributed by atoms with Crippen molar-refractivity contribution in [2.75, 3.05) is 6.61 Å². The Kier molecular flexibility index (Phi) is 5.45. The number of aryl methyl sites for hydroxylation is 1. The molecule has 27 heavy (non-hydrogen) atoms. The van der Waals surface area contributed by atoms with Gasteiger partial charge in [-0.1, -0.05) is 17.7 Å². The summed E-state index contributed by atoms with van der Waals surface area (Å²) in [6.07, 6.45) is 0.501. The summed E-state index contributed by atoms with van der Waals surface area (Å²) in [5.74, 6) is 0.592. The molecule has 6 heteroatoms. The molecule has 3 rings (SSSR count). The summed E-state index contributed by atoms with van der Waals surface area (Å²) in [5, 5.41) is 0.357. The molecule has 0 radical (unpaired) electrons. The molecule has 0 spiro atoms. The van der Waals surface area contributed by atoms with Crippen molar-refractivity contribution in [3.63, 3.8) is 0 Å². The third kappa shape index (κ3) is 4.28. The molecule has 1 heterocycles. The van der Waals surface area contributed by atoms with Gasteiger partial charge in [0.2, 0.25) is 11.2 Å². The van der Waals surface area contributed by atoms with Gasteiger partial charge in [0, 0.05) is 6.07 Å². The predicted octanol–water partition coefficient (Wildman–Crippen LogP) is 4.22. The number of esters is 1. The van der Waals surface area contributed by atoms with Crippen molar-refractivity contribution < 1.29 is 23.4 Å². The zero-order valence-corrected chi connectivity index (χ0v) is 15.4. The van der Waals surface area contributed by atoms with Gasteiger partial charge >= 0.3 is 5.97 Å². The summed E-state index contributed by atoms with van der Waals surface area (Å²) in [6.45, 7) is 5.57. The number of fused-ring (bicyclic) bond motifs is 1. The second-order valence-corrected chi connectivity index (χ2v) is 6.01. The topological polar surface area (TPSA) is 75.0 Å². The molecule has 3 aromatic rings. The fourth-order valence-electron chi connectivity index (χ4n) is 2.48. The average Bonchev–Trinajstić information content (AvgIpc) is 2.66. The number of carbonyl (C=O) groups is 1. The second-order valence-electron chi connectivity index (χ2n) is 6.01. The van der Waals surface area contributed by atoms with Crippen LogP contribution in [0.1, 0.15) is 19.4 Å². The van der Waals surface area contributed by atoms with E-state index in [0.717, 1.165) is 5.56 Å². The average molecular weight is 368 g/mol. The Hall–Kier alpha value is -3.28. The molecule has 1 unspecified atom stereocenters. The molecule has 2 aromatic carbocycles. The monoisotopic (exact) mass is 368 g/mol. The minimum atomic E-state index is -0.765. The van der Waals surface area contributed by atoms with E-state index in [1.165, 1.54) is 6.26 Å². The van der Waals surface area contributed by atoms with Gasteiger partial charge in [-0.25, -0.2) is 4.79 Å². The molecule has 0 fully saturated rings. The molecular weight excluding hydrogens is 348 g/mol. The Morgan fingerprint density at radius 2 is 1.81 bits per heavy atom. The van der Waals surface area contributed by atoms with Crippen LogP contribution in [0.5, 0.6) is 17.2 Å². The Bertz CT molecular complexity index is 1000. The second kappa shape index (κ2) is 7.95. The van der Waals surface area contributed by atoms with Crippen molar-refractivity contribution in [2.24, 2.45) is 0 Å². The fraction of sp³-hybridized carbons (Fsp3) is 0.238. The van der Waals surface area contributed by atoms with Crippen LogP contribution in [0.2, 0.25) is 0 Å². The molecule has 0 aliphatic carbocycles. The van der Waals surface area contributed by atoms with Gasteiger partial charge in [-0.2, -0.15) is 0 Å². The van der Waals surface area contributed by atoms with Crippen LogP contribution in [-0.4, -0.2) is 18.7 Å². The van der Waals surface area contributed by atoms with Crippen molar-refractivity contribution >= 4 is 16.9 Å². The highest BCUT2D eigenvalue weighted by Gasteiger charge is 2.17. The Labute approximate surface area is 156 Å². The van der Waals surface area contributed by atoms with Crippen LogP contribution in [0.15, 0.2) is 57.9 Å². The normalized spacial score (nSPS) is 11.8. The number of ether oxygens (including phenoxy) is 3. The minimum Gasteiger partial charge on any atom is -0.479 e. The molecule has 1 aromatic heterocycles. The van der Waals surface area contributed by atoms with E-state index in [4.69, 9.17) is 18.6 Å². The zero-order valence-electron chi connectivity index (χ0n) is 15.4. The number of rotatable bonds is 6. The molecule has 0 bridgehead atoms. The maximum absolute atomic E-state index is 12.6. The third-order valence-corrected chi connectivity index (χ3v) is 3.89. The predicted molar refractivity (Wildman–Crippen MR) is 100 cm³/mol. The SMILES string of the molecule is CCOC(=O)C(C)Oc1ccc2c(=O)c(Oc3ccc(C)cc3)coc2c1. The van der Waals surface area contributed by atoms with Crippen molar-refractivity contribution in [1.29, 1.82) is 0 Å². The highest BCUT2D eigenvalue weighted by Crippen LogP contribution is 2.24. The molecule has 0 aliphatic heterocycles. The fourth-order valence-corrected chi connectivity index (χ4v) is 2.48. The highest BCUT2D eigenvalue weighted by molar-refractivity contribution is 5.79. The van der Waals surface area contributed by atoms with Gasteiger partial charge in [0.05, 0.1) is 12.0 Å². The van der Waals surface area contributed by atoms with E-state index in [9.17, 15) is 9.59 Å². The first-order valence-electron chi connectivity index (χ1n) is 8.61. The summed E-state index contributed by atoms with van der Waals surface area (Å²) in [7, 11) is 0. The van der Waals surface area contributed by atoms with Crippen LogP contribution in [0.3, 0.4) is 0 Å². The van der Waals surface area contributed by atoms with E-state index in [2.05, 4.69) is 0 Å². The van der Waals surface area contributed by atoms with Gasteiger partial charge in [0.15, 0.2) is 6.10 Å². The number of hydrogen-bond donors (Lipinski definition) is 0. The number of hydrogen-bond acceptors (Lipinski definition) is 6. The van der Waals surface area contributed by atoms with Crippen LogP contribution in [0.4, 0.5) is 0 Å². The maximum Gasteiger partial charge on any atom is 0.347 e. The van der Waals surface area contributed by atoms with Crippen molar-refractivity contribution in [3.05, 3.63) is 64.5 Å². The first kappa shape index (κ1) is 18.5. The molecule has 0 saturated carbocycles. The lowest BCUT2D eigenvalue weighted by Gasteiger charge is -2.13. The quantitative estimate of drug-likeness (QED) is 0.606. The lowest BCUT2D eigenvalue weighted by atomic mass is 10.2. The standard InChI is InChI=1S/C21H20O6/c1-4-24-21(23)14(3)26-16-9-10-17-18(11-16)25-12-19(20(17)22)27-15-7-5-13(2)6-8-15/h5-12,14H,4H2,1-3H3. The summed E-state index contributed by atoms with van der Waals surface area (Å²) < 4.78 is 21.6. The largest absolute Gasteiger partial charge is 0.479 e. The van der Waals surface area contributed by atoms with Gasteiger partial charge in [-0.15, -0.1) is 0 Å². The van der Waals surface area contributed by atoms with Gasteiger partial charge in [-0.3, -0.25) is 4.79 Å². The van der Waals surface area contributed by atoms with Crippen LogP contribution in [0, 0.1) is 6.92 Å². The van der Waals surface area contributed by atoms with Crippen LogP contribution in [0.25, 0.3) is 11.0 Å². The Morgan fingerprint density at radius 3 is 2.52 bits per heavy atom. The van der Waals surface area contributed by atoms with E-state index >= 15 is 0 Å². The molecule has 0 saturated heterocycles. The van der Waals surface area contributed by atoms with Gasteiger partial charge in [-0.05, 0) is 45.0 Å². The number of carbonyl (C=O) groups excluding carboxylic acids is 1. The first-order valence-corrected chi connectivity index (χ1v) is 8.61. The zero-order chi connectivity index (χ0) is 19.4. The summed E-state index contributed by atoms with van der Waals surface area (Å²) in [6, 6.07) is 12.1. The summed E-state index contributed by atoms with van der Waals surface area (Å²) >= 11 is 0. The van der Waals surface area contributed by atoms with Crippen molar-refractivity contribution in [1.82, 2.24) is 0 Å². The lowest BCUT2D eigenvalue weighted by molar-refractivity contribution is -0.150. The molecule has 0 N–H and O–H groups in total. The Morgan fingerprint density at radius 1 is 1.11 bits per heavy atom. The molecule has 0 amide bonds. The van der Waals surface area contributed by atoms with Crippen LogP contribution >= 0.6 is 0 Å². The van der Waals surface area contributed by atoms with Gasteiger partial charge < -0.3 is 18.6 Å². The third-order valence-electron chi connectivity index (χ3n) is 3.89. The summed E-state index contributed by atoms with van der Waals surface area (Å²) in [4.78, 5) is 24.3. The molecular formula is C21H20O6. The molecule has 140 valence electrons. The molecule has 6 nitrogen and oxygen atoms in total. The smallest absolute Gasteiger partial charge is 0.347 e. The van der Waals surface area contributed by atoms with Crippen molar-refractivity contribution in [3.8, 4) is 17.2 Å². The molecule has 0 aliphatic rings. The van der Waals surface area contributed by atoms with Crippen LogP contribution in [-0.2, 0) is 9.53 Å². The van der Waals surface area contributed by atoms with Crippen molar-refractivity contribution in [2.45, 2.75) is 26.9 Å². The summed E-state index contributed by atoms with van der Waals surface area (Å²) in [5.41, 5.74) is 1.14. The van der Waals surface area contributed by atoms with E-state index < -0.39 is 12.1 Å².